The van der Waals surface area contributed by atoms with Crippen LogP contribution in [0, 0.1) is 0 Å². The lowest BCUT2D eigenvalue weighted by molar-refractivity contribution is 0.590. The molecule has 1 N–H and O–H groups in total. The molecule has 0 aliphatic rings. The molecular formula is C13H21NS. The number of hydrogen-bond acceptors (Lipinski definition) is 2. The van der Waals surface area contributed by atoms with Gasteiger partial charge in [0, 0.05) is 11.3 Å². The van der Waals surface area contributed by atoms with Crippen molar-refractivity contribution in [3.63, 3.8) is 0 Å². The molecule has 84 valence electrons. The van der Waals surface area contributed by atoms with E-state index in [9.17, 15) is 0 Å². The maximum atomic E-state index is 3.39. The lowest BCUT2D eigenvalue weighted by atomic mass is 10.0. The number of thioether (sulfide) groups is 1. The van der Waals surface area contributed by atoms with Gasteiger partial charge in [-0.25, -0.2) is 0 Å². The second-order valence-corrected chi connectivity index (χ2v) is 5.02. The quantitative estimate of drug-likeness (QED) is 0.822. The number of benzene rings is 1. The normalized spacial score (nSPS) is 14.9. The lowest BCUT2D eigenvalue weighted by Gasteiger charge is -2.22. The fourth-order valence-corrected chi connectivity index (χ4v) is 2.33. The van der Waals surface area contributed by atoms with E-state index in [1.54, 1.807) is 0 Å². The zero-order chi connectivity index (χ0) is 11.3. The van der Waals surface area contributed by atoms with Gasteiger partial charge in [-0.05, 0) is 30.9 Å². The van der Waals surface area contributed by atoms with Crippen molar-refractivity contribution >= 4 is 11.8 Å². The first-order valence-corrected chi connectivity index (χ1v) is 6.80. The summed E-state index contributed by atoms with van der Waals surface area (Å²) in [5, 5.41) is 3.99. The average molecular weight is 223 g/mol. The summed E-state index contributed by atoms with van der Waals surface area (Å²) in [5.74, 6) is 0. The van der Waals surface area contributed by atoms with Crippen LogP contribution >= 0.6 is 11.8 Å². The molecule has 0 saturated carbocycles. The van der Waals surface area contributed by atoms with Crippen LogP contribution in [-0.4, -0.2) is 18.6 Å². The number of rotatable bonds is 5. The number of nitrogens with one attached hydrogen (secondary N) is 1. The third kappa shape index (κ3) is 3.25. The van der Waals surface area contributed by atoms with Gasteiger partial charge < -0.3 is 5.32 Å². The van der Waals surface area contributed by atoms with E-state index in [1.165, 1.54) is 11.1 Å². The van der Waals surface area contributed by atoms with Crippen molar-refractivity contribution in [2.24, 2.45) is 0 Å². The van der Waals surface area contributed by atoms with Crippen LogP contribution in [0.2, 0.25) is 0 Å². The molecule has 0 bridgehead atoms. The van der Waals surface area contributed by atoms with Crippen molar-refractivity contribution < 1.29 is 0 Å². The van der Waals surface area contributed by atoms with Crippen molar-refractivity contribution in [3.8, 4) is 0 Å². The van der Waals surface area contributed by atoms with E-state index in [2.05, 4.69) is 49.7 Å². The predicted octanol–water partition coefficient (Wildman–Crippen LogP) is 3.26. The second-order valence-electron chi connectivity index (χ2n) is 3.80. The molecule has 15 heavy (non-hydrogen) atoms. The summed E-state index contributed by atoms with van der Waals surface area (Å²) in [6.45, 7) is 4.45. The van der Waals surface area contributed by atoms with E-state index in [-0.39, 0.29) is 0 Å². The highest BCUT2D eigenvalue weighted by Gasteiger charge is 2.15. The minimum atomic E-state index is 0.450. The summed E-state index contributed by atoms with van der Waals surface area (Å²) in [6, 6.07) is 9.39. The molecule has 0 heterocycles. The van der Waals surface area contributed by atoms with Crippen LogP contribution in [-0.2, 0) is 6.42 Å². The molecule has 0 aliphatic carbocycles. The molecule has 1 rings (SSSR count). The van der Waals surface area contributed by atoms with E-state index in [4.69, 9.17) is 0 Å². The van der Waals surface area contributed by atoms with E-state index >= 15 is 0 Å². The van der Waals surface area contributed by atoms with Gasteiger partial charge in [-0.3, -0.25) is 0 Å². The molecule has 0 aromatic heterocycles. The highest BCUT2D eigenvalue weighted by atomic mass is 32.2. The molecular weight excluding hydrogens is 202 g/mol. The summed E-state index contributed by atoms with van der Waals surface area (Å²) >= 11 is 1.90. The summed E-state index contributed by atoms with van der Waals surface area (Å²) in [7, 11) is 2.03. The SMILES string of the molecule is CCc1ccc(C(NC)C(C)SC)cc1. The third-order valence-electron chi connectivity index (χ3n) is 2.90. The Labute approximate surface area is 97.7 Å². The van der Waals surface area contributed by atoms with E-state index in [0.29, 0.717) is 11.3 Å². The van der Waals surface area contributed by atoms with Crippen molar-refractivity contribution in [1.29, 1.82) is 0 Å². The number of aryl methyl sites for hydroxylation is 1. The molecule has 2 atom stereocenters. The van der Waals surface area contributed by atoms with Gasteiger partial charge in [0.1, 0.15) is 0 Å². The van der Waals surface area contributed by atoms with Crippen LogP contribution < -0.4 is 5.32 Å². The minimum Gasteiger partial charge on any atom is -0.312 e. The first-order valence-electron chi connectivity index (χ1n) is 5.51. The first kappa shape index (κ1) is 12.6. The maximum absolute atomic E-state index is 3.39. The van der Waals surface area contributed by atoms with E-state index in [0.717, 1.165) is 6.42 Å². The van der Waals surface area contributed by atoms with Crippen molar-refractivity contribution in [1.82, 2.24) is 5.32 Å². The smallest absolute Gasteiger partial charge is 0.0435 e. The van der Waals surface area contributed by atoms with Gasteiger partial charge in [-0.2, -0.15) is 11.8 Å². The van der Waals surface area contributed by atoms with E-state index < -0.39 is 0 Å². The molecule has 0 aliphatic heterocycles. The lowest BCUT2D eigenvalue weighted by Crippen LogP contribution is -2.25. The standard InChI is InChI=1S/C13H21NS/c1-5-11-6-8-12(9-7-11)13(14-3)10(2)15-4/h6-10,13-14H,5H2,1-4H3. The topological polar surface area (TPSA) is 12.0 Å². The molecule has 0 spiro atoms. The molecule has 2 unspecified atom stereocenters. The van der Waals surface area contributed by atoms with Gasteiger partial charge >= 0.3 is 0 Å². The largest absolute Gasteiger partial charge is 0.312 e. The molecule has 0 saturated heterocycles. The fourth-order valence-electron chi connectivity index (χ4n) is 1.77. The van der Waals surface area contributed by atoms with Crippen LogP contribution in [0.3, 0.4) is 0 Å². The molecule has 0 fully saturated rings. The van der Waals surface area contributed by atoms with Gasteiger partial charge in [0.15, 0.2) is 0 Å². The molecule has 1 aromatic rings. The Hall–Kier alpha value is -0.470. The van der Waals surface area contributed by atoms with Crippen LogP contribution in [0.5, 0.6) is 0 Å². The van der Waals surface area contributed by atoms with E-state index in [1.807, 2.05) is 18.8 Å². The molecule has 0 radical (unpaired) electrons. The highest BCUT2D eigenvalue weighted by molar-refractivity contribution is 7.99. The molecule has 1 aromatic carbocycles. The highest BCUT2D eigenvalue weighted by Crippen LogP contribution is 2.24. The Morgan fingerprint density at radius 2 is 1.87 bits per heavy atom. The molecule has 1 nitrogen and oxygen atoms in total. The fraction of sp³-hybridized carbons (Fsp3) is 0.538. The third-order valence-corrected chi connectivity index (χ3v) is 3.92. The summed E-state index contributed by atoms with van der Waals surface area (Å²) < 4.78 is 0. The Kier molecular flexibility index (Phi) is 5.20. The Bertz CT molecular complexity index is 281. The monoisotopic (exact) mass is 223 g/mol. The predicted molar refractivity (Wildman–Crippen MR) is 70.6 cm³/mol. The van der Waals surface area contributed by atoms with Crippen LogP contribution in [0.1, 0.15) is 31.0 Å². The van der Waals surface area contributed by atoms with Gasteiger partial charge in [-0.1, -0.05) is 38.1 Å². The maximum Gasteiger partial charge on any atom is 0.0435 e. The van der Waals surface area contributed by atoms with Crippen LogP contribution in [0.25, 0.3) is 0 Å². The van der Waals surface area contributed by atoms with Crippen LogP contribution in [0.4, 0.5) is 0 Å². The summed E-state index contributed by atoms with van der Waals surface area (Å²) in [5.41, 5.74) is 2.79. The van der Waals surface area contributed by atoms with Gasteiger partial charge in [0.25, 0.3) is 0 Å². The average Bonchev–Trinajstić information content (AvgIpc) is 2.30. The van der Waals surface area contributed by atoms with Gasteiger partial charge in [0.2, 0.25) is 0 Å². The summed E-state index contributed by atoms with van der Waals surface area (Å²) in [6.07, 6.45) is 3.28. The van der Waals surface area contributed by atoms with Crippen molar-refractivity contribution in [3.05, 3.63) is 35.4 Å². The Morgan fingerprint density at radius 1 is 1.27 bits per heavy atom. The molecule has 0 amide bonds. The van der Waals surface area contributed by atoms with Gasteiger partial charge in [0.05, 0.1) is 0 Å². The summed E-state index contributed by atoms with van der Waals surface area (Å²) in [4.78, 5) is 0. The van der Waals surface area contributed by atoms with Crippen molar-refractivity contribution in [2.45, 2.75) is 31.6 Å². The van der Waals surface area contributed by atoms with Gasteiger partial charge in [-0.15, -0.1) is 0 Å². The Morgan fingerprint density at radius 3 is 2.27 bits per heavy atom. The zero-order valence-corrected chi connectivity index (χ0v) is 10.9. The number of hydrogen-bond donors (Lipinski definition) is 1. The zero-order valence-electron chi connectivity index (χ0n) is 10.1. The molecule has 2 heteroatoms. The second kappa shape index (κ2) is 6.19. The van der Waals surface area contributed by atoms with Crippen molar-refractivity contribution in [2.75, 3.05) is 13.3 Å². The minimum absolute atomic E-state index is 0.450. The Balaban J connectivity index is 2.83. The van der Waals surface area contributed by atoms with Crippen LogP contribution in [0.15, 0.2) is 24.3 Å². The first-order chi connectivity index (χ1) is 7.22.